The van der Waals surface area contributed by atoms with Gasteiger partial charge in [-0.1, -0.05) is 30.3 Å². The quantitative estimate of drug-likeness (QED) is 0.853. The lowest BCUT2D eigenvalue weighted by Gasteiger charge is -2.11. The van der Waals surface area contributed by atoms with Crippen LogP contribution in [0, 0.1) is 0 Å². The van der Waals surface area contributed by atoms with Crippen molar-refractivity contribution in [2.24, 2.45) is 5.73 Å². The summed E-state index contributed by atoms with van der Waals surface area (Å²) in [5.74, 6) is -0.461. The fourth-order valence-corrected chi connectivity index (χ4v) is 1.28. The third-order valence-electron chi connectivity index (χ3n) is 2.09. The van der Waals surface area contributed by atoms with Crippen molar-refractivity contribution in [2.45, 2.75) is 18.9 Å². The predicted molar refractivity (Wildman–Crippen MR) is 64.2 cm³/mol. The molecular weight excluding hydrogens is 250 g/mol. The molecular formula is C11H15ClF2N2O. The summed E-state index contributed by atoms with van der Waals surface area (Å²) < 4.78 is 23.6. The van der Waals surface area contributed by atoms with E-state index in [2.05, 4.69) is 5.32 Å². The second-order valence-corrected chi connectivity index (χ2v) is 3.42. The molecule has 0 heterocycles. The van der Waals surface area contributed by atoms with Gasteiger partial charge in [0.15, 0.2) is 0 Å². The van der Waals surface area contributed by atoms with Crippen molar-refractivity contribution in [1.82, 2.24) is 5.32 Å². The highest BCUT2D eigenvalue weighted by molar-refractivity contribution is 5.85. The summed E-state index contributed by atoms with van der Waals surface area (Å²) >= 11 is 0. The van der Waals surface area contributed by atoms with Crippen LogP contribution in [-0.4, -0.2) is 18.9 Å². The Kier molecular flexibility index (Phi) is 7.41. The fraction of sp³-hybridized carbons (Fsp3) is 0.364. The zero-order chi connectivity index (χ0) is 12.0. The summed E-state index contributed by atoms with van der Waals surface area (Å²) in [5, 5.41) is 2.11. The predicted octanol–water partition coefficient (Wildman–Crippen LogP) is 1.88. The Balaban J connectivity index is 0.00000256. The molecule has 1 aromatic carbocycles. The number of hydrogen-bond donors (Lipinski definition) is 2. The van der Waals surface area contributed by atoms with Crippen molar-refractivity contribution < 1.29 is 13.6 Å². The molecule has 96 valence electrons. The van der Waals surface area contributed by atoms with Crippen LogP contribution in [0.4, 0.5) is 8.78 Å². The van der Waals surface area contributed by atoms with Crippen molar-refractivity contribution in [2.75, 3.05) is 6.54 Å². The fourth-order valence-electron chi connectivity index (χ4n) is 1.28. The normalized spacial score (nSPS) is 11.8. The van der Waals surface area contributed by atoms with Gasteiger partial charge >= 0.3 is 0 Å². The summed E-state index contributed by atoms with van der Waals surface area (Å²) in [6, 6.07) is 8.60. The third-order valence-corrected chi connectivity index (χ3v) is 2.09. The molecule has 0 aliphatic rings. The van der Waals surface area contributed by atoms with Gasteiger partial charge in [0.1, 0.15) is 0 Å². The molecule has 1 atom stereocenters. The van der Waals surface area contributed by atoms with Crippen LogP contribution >= 0.6 is 12.4 Å². The van der Waals surface area contributed by atoms with Gasteiger partial charge in [0.05, 0.1) is 6.54 Å². The number of amides is 1. The maximum absolute atomic E-state index is 11.8. The summed E-state index contributed by atoms with van der Waals surface area (Å²) in [4.78, 5) is 11.2. The zero-order valence-electron chi connectivity index (χ0n) is 9.11. The van der Waals surface area contributed by atoms with Gasteiger partial charge in [-0.05, 0) is 5.56 Å². The number of carbonyl (C=O) groups is 1. The molecule has 0 saturated heterocycles. The minimum Gasteiger partial charge on any atom is -0.350 e. The van der Waals surface area contributed by atoms with Crippen LogP contribution in [0.3, 0.4) is 0 Å². The SMILES string of the molecule is Cl.NC(CC(=O)NCC(F)F)c1ccccc1. The highest BCUT2D eigenvalue weighted by Gasteiger charge is 2.12. The molecule has 0 bridgehead atoms. The van der Waals surface area contributed by atoms with Gasteiger partial charge in [-0.3, -0.25) is 4.79 Å². The number of halogens is 3. The standard InChI is InChI=1S/C11H14F2N2O.ClH/c12-10(13)7-15-11(16)6-9(14)8-4-2-1-3-5-8;/h1-5,9-10H,6-7,14H2,(H,15,16);1H. The van der Waals surface area contributed by atoms with Gasteiger partial charge in [0.2, 0.25) is 5.91 Å². The topological polar surface area (TPSA) is 55.1 Å². The van der Waals surface area contributed by atoms with E-state index in [4.69, 9.17) is 5.73 Å². The van der Waals surface area contributed by atoms with Gasteiger partial charge in [-0.25, -0.2) is 8.78 Å². The Morgan fingerprint density at radius 3 is 2.41 bits per heavy atom. The van der Waals surface area contributed by atoms with Crippen LogP contribution in [0.25, 0.3) is 0 Å². The number of hydrogen-bond acceptors (Lipinski definition) is 2. The molecule has 17 heavy (non-hydrogen) atoms. The first-order valence-electron chi connectivity index (χ1n) is 4.95. The monoisotopic (exact) mass is 264 g/mol. The second-order valence-electron chi connectivity index (χ2n) is 3.42. The third kappa shape index (κ3) is 6.19. The maximum atomic E-state index is 11.8. The molecule has 0 spiro atoms. The molecule has 0 saturated carbocycles. The lowest BCUT2D eigenvalue weighted by atomic mass is 10.0. The molecule has 0 radical (unpaired) electrons. The maximum Gasteiger partial charge on any atom is 0.255 e. The second kappa shape index (κ2) is 7.97. The van der Waals surface area contributed by atoms with Gasteiger partial charge < -0.3 is 11.1 Å². The molecule has 0 aliphatic heterocycles. The Morgan fingerprint density at radius 2 is 1.88 bits per heavy atom. The lowest BCUT2D eigenvalue weighted by Crippen LogP contribution is -2.31. The van der Waals surface area contributed by atoms with Gasteiger partial charge in [0, 0.05) is 12.5 Å². The van der Waals surface area contributed by atoms with E-state index in [1.54, 1.807) is 12.1 Å². The number of nitrogens with two attached hydrogens (primary N) is 1. The van der Waals surface area contributed by atoms with E-state index in [0.717, 1.165) is 5.56 Å². The molecule has 0 fully saturated rings. The Bertz CT molecular complexity index is 336. The van der Waals surface area contributed by atoms with Gasteiger partial charge in [0.25, 0.3) is 6.43 Å². The zero-order valence-corrected chi connectivity index (χ0v) is 9.92. The number of carbonyl (C=O) groups excluding carboxylic acids is 1. The van der Waals surface area contributed by atoms with Gasteiger partial charge in [-0.15, -0.1) is 12.4 Å². The van der Waals surface area contributed by atoms with E-state index in [9.17, 15) is 13.6 Å². The smallest absolute Gasteiger partial charge is 0.255 e. The van der Waals surface area contributed by atoms with Crippen molar-refractivity contribution in [3.63, 3.8) is 0 Å². The molecule has 1 amide bonds. The van der Waals surface area contributed by atoms with Crippen molar-refractivity contribution in [3.8, 4) is 0 Å². The van der Waals surface area contributed by atoms with Gasteiger partial charge in [-0.2, -0.15) is 0 Å². The first-order valence-corrected chi connectivity index (χ1v) is 4.95. The molecule has 3 nitrogen and oxygen atoms in total. The summed E-state index contributed by atoms with van der Waals surface area (Å²) in [5.41, 5.74) is 6.57. The molecule has 1 rings (SSSR count). The minimum absolute atomic E-state index is 0. The summed E-state index contributed by atoms with van der Waals surface area (Å²) in [6.45, 7) is -0.625. The van der Waals surface area contributed by atoms with Crippen LogP contribution in [0.1, 0.15) is 18.0 Å². The average Bonchev–Trinajstić information content (AvgIpc) is 2.27. The lowest BCUT2D eigenvalue weighted by molar-refractivity contribution is -0.122. The van der Waals surface area contributed by atoms with Crippen LogP contribution in [0.2, 0.25) is 0 Å². The molecule has 0 aromatic heterocycles. The van der Waals surface area contributed by atoms with E-state index < -0.39 is 24.9 Å². The van der Waals surface area contributed by atoms with Crippen molar-refractivity contribution >= 4 is 18.3 Å². The van der Waals surface area contributed by atoms with Crippen LogP contribution in [0.15, 0.2) is 30.3 Å². The Hall–Kier alpha value is -1.20. The van der Waals surface area contributed by atoms with Crippen LogP contribution < -0.4 is 11.1 Å². The molecule has 1 unspecified atom stereocenters. The minimum atomic E-state index is -2.53. The molecule has 3 N–H and O–H groups in total. The van der Waals surface area contributed by atoms with Crippen LogP contribution in [-0.2, 0) is 4.79 Å². The van der Waals surface area contributed by atoms with Crippen molar-refractivity contribution in [3.05, 3.63) is 35.9 Å². The Morgan fingerprint density at radius 1 is 1.29 bits per heavy atom. The number of alkyl halides is 2. The summed E-state index contributed by atoms with van der Waals surface area (Å²) in [7, 11) is 0. The summed E-state index contributed by atoms with van der Waals surface area (Å²) in [6.07, 6.45) is -2.52. The highest BCUT2D eigenvalue weighted by Crippen LogP contribution is 2.12. The van der Waals surface area contributed by atoms with Crippen molar-refractivity contribution in [1.29, 1.82) is 0 Å². The largest absolute Gasteiger partial charge is 0.350 e. The Labute approximate surface area is 105 Å². The number of nitrogens with one attached hydrogen (secondary N) is 1. The van der Waals surface area contributed by atoms with E-state index in [1.807, 2.05) is 18.2 Å². The molecule has 1 aromatic rings. The van der Waals surface area contributed by atoms with E-state index in [1.165, 1.54) is 0 Å². The molecule has 6 heteroatoms. The average molecular weight is 265 g/mol. The highest BCUT2D eigenvalue weighted by atomic mass is 35.5. The first kappa shape index (κ1) is 15.8. The first-order chi connectivity index (χ1) is 7.59. The molecule has 0 aliphatic carbocycles. The van der Waals surface area contributed by atoms with E-state index in [0.29, 0.717) is 0 Å². The number of rotatable bonds is 5. The van der Waals surface area contributed by atoms with E-state index in [-0.39, 0.29) is 18.8 Å². The van der Waals surface area contributed by atoms with E-state index >= 15 is 0 Å². The number of benzene rings is 1. The van der Waals surface area contributed by atoms with Crippen LogP contribution in [0.5, 0.6) is 0 Å².